The fourth-order valence-electron chi connectivity index (χ4n) is 1.95. The number of hydrogen-bond acceptors (Lipinski definition) is 4. The first-order chi connectivity index (χ1) is 8.53. The minimum atomic E-state index is -1.02. The van der Waals surface area contributed by atoms with E-state index in [1.165, 1.54) is 11.3 Å². The van der Waals surface area contributed by atoms with Crippen LogP contribution in [-0.4, -0.2) is 27.5 Å². The Morgan fingerprint density at radius 1 is 1.56 bits per heavy atom. The molecule has 2 unspecified atom stereocenters. The molecule has 2 rings (SSSR count). The molecule has 0 aromatic carbocycles. The van der Waals surface area contributed by atoms with Crippen molar-refractivity contribution in [3.63, 3.8) is 0 Å². The van der Waals surface area contributed by atoms with Crippen molar-refractivity contribution in [1.29, 1.82) is 0 Å². The molecule has 1 amide bonds. The van der Waals surface area contributed by atoms with Gasteiger partial charge in [-0.3, -0.25) is 4.79 Å². The molecular formula is C12H15NO3S2. The number of carbonyl (C=O) groups excluding carboxylic acids is 1. The number of rotatable bonds is 4. The van der Waals surface area contributed by atoms with Crippen molar-refractivity contribution in [1.82, 2.24) is 5.32 Å². The number of amides is 1. The van der Waals surface area contributed by atoms with Crippen LogP contribution >= 0.6 is 23.1 Å². The molecule has 0 aliphatic carbocycles. The Hall–Kier alpha value is -1.01. The molecule has 2 heterocycles. The zero-order valence-electron chi connectivity index (χ0n) is 10.0. The SMILES string of the molecule is CC1(C(=O)NC(C(=O)O)c2cccs2)CCCS1. The molecule has 98 valence electrons. The summed E-state index contributed by atoms with van der Waals surface area (Å²) in [5.41, 5.74) is 0. The average molecular weight is 285 g/mol. The smallest absolute Gasteiger partial charge is 0.331 e. The third-order valence-electron chi connectivity index (χ3n) is 3.05. The summed E-state index contributed by atoms with van der Waals surface area (Å²) in [5.74, 6) is -0.232. The summed E-state index contributed by atoms with van der Waals surface area (Å²) in [6, 6.07) is 2.58. The largest absolute Gasteiger partial charge is 0.479 e. The van der Waals surface area contributed by atoms with Crippen molar-refractivity contribution in [2.24, 2.45) is 0 Å². The van der Waals surface area contributed by atoms with Crippen molar-refractivity contribution < 1.29 is 14.7 Å². The molecule has 4 nitrogen and oxygen atoms in total. The Labute approximate surface area is 114 Å². The molecule has 0 radical (unpaired) electrons. The number of nitrogens with one attached hydrogen (secondary N) is 1. The van der Waals surface area contributed by atoms with Gasteiger partial charge in [0, 0.05) is 4.88 Å². The van der Waals surface area contributed by atoms with Crippen molar-refractivity contribution in [3.05, 3.63) is 22.4 Å². The van der Waals surface area contributed by atoms with E-state index in [9.17, 15) is 14.7 Å². The van der Waals surface area contributed by atoms with Crippen LogP contribution in [0.5, 0.6) is 0 Å². The average Bonchev–Trinajstić information content (AvgIpc) is 2.96. The van der Waals surface area contributed by atoms with Crippen LogP contribution < -0.4 is 5.32 Å². The second-order valence-electron chi connectivity index (χ2n) is 4.44. The number of aliphatic carboxylic acids is 1. The van der Waals surface area contributed by atoms with Gasteiger partial charge >= 0.3 is 5.97 Å². The van der Waals surface area contributed by atoms with E-state index in [-0.39, 0.29) is 5.91 Å². The number of thiophene rings is 1. The number of carboxylic acid groups (broad SMARTS) is 1. The second kappa shape index (κ2) is 5.32. The maximum atomic E-state index is 12.2. The van der Waals surface area contributed by atoms with Crippen LogP contribution in [0.2, 0.25) is 0 Å². The predicted molar refractivity (Wildman–Crippen MR) is 72.9 cm³/mol. The third-order valence-corrected chi connectivity index (χ3v) is 5.51. The molecule has 18 heavy (non-hydrogen) atoms. The highest BCUT2D eigenvalue weighted by atomic mass is 32.2. The van der Waals surface area contributed by atoms with E-state index in [2.05, 4.69) is 5.32 Å². The van der Waals surface area contributed by atoms with E-state index in [0.717, 1.165) is 18.6 Å². The van der Waals surface area contributed by atoms with Gasteiger partial charge in [0.15, 0.2) is 6.04 Å². The number of carbonyl (C=O) groups is 2. The highest BCUT2D eigenvalue weighted by Crippen LogP contribution is 2.38. The predicted octanol–water partition coefficient (Wildman–Crippen LogP) is 2.28. The standard InChI is InChI=1S/C12H15NO3S2/c1-12(5-3-7-18-12)11(16)13-9(10(14)15)8-4-2-6-17-8/h2,4,6,9H,3,5,7H2,1H3,(H,13,16)(H,14,15). The first-order valence-electron chi connectivity index (χ1n) is 5.74. The quantitative estimate of drug-likeness (QED) is 0.890. The molecule has 2 N–H and O–H groups in total. The molecule has 6 heteroatoms. The van der Waals surface area contributed by atoms with Gasteiger partial charge in [0.05, 0.1) is 4.75 Å². The van der Waals surface area contributed by atoms with Gasteiger partial charge in [-0.2, -0.15) is 0 Å². The van der Waals surface area contributed by atoms with Crippen molar-refractivity contribution >= 4 is 35.0 Å². The van der Waals surface area contributed by atoms with Crippen molar-refractivity contribution in [2.45, 2.75) is 30.6 Å². The molecule has 0 spiro atoms. The fraction of sp³-hybridized carbons (Fsp3) is 0.500. The van der Waals surface area contributed by atoms with E-state index in [4.69, 9.17) is 0 Å². The summed E-state index contributed by atoms with van der Waals surface area (Å²) >= 11 is 2.94. The summed E-state index contributed by atoms with van der Waals surface area (Å²) < 4.78 is -0.481. The highest BCUT2D eigenvalue weighted by Gasteiger charge is 2.39. The molecule has 0 saturated carbocycles. The van der Waals surface area contributed by atoms with Gasteiger partial charge in [-0.15, -0.1) is 23.1 Å². The van der Waals surface area contributed by atoms with E-state index < -0.39 is 16.8 Å². The maximum Gasteiger partial charge on any atom is 0.331 e. The van der Waals surface area contributed by atoms with Gasteiger partial charge in [-0.1, -0.05) is 6.07 Å². The minimum Gasteiger partial charge on any atom is -0.479 e. The summed E-state index contributed by atoms with van der Waals surface area (Å²) in [5, 5.41) is 13.7. The van der Waals surface area contributed by atoms with Crippen LogP contribution in [-0.2, 0) is 9.59 Å². The van der Waals surface area contributed by atoms with Gasteiger partial charge in [-0.25, -0.2) is 4.79 Å². The summed E-state index contributed by atoms with van der Waals surface area (Å²) in [6.07, 6.45) is 1.81. The Bertz CT molecular complexity index is 438. The van der Waals surface area contributed by atoms with Crippen LogP contribution in [0, 0.1) is 0 Å². The van der Waals surface area contributed by atoms with E-state index in [1.54, 1.807) is 23.9 Å². The zero-order valence-corrected chi connectivity index (χ0v) is 11.6. The van der Waals surface area contributed by atoms with Gasteiger partial charge in [-0.05, 0) is 37.0 Å². The van der Waals surface area contributed by atoms with Crippen molar-refractivity contribution in [2.75, 3.05) is 5.75 Å². The summed E-state index contributed by atoms with van der Waals surface area (Å²) in [7, 11) is 0. The van der Waals surface area contributed by atoms with Crippen LogP contribution in [0.15, 0.2) is 17.5 Å². The molecule has 1 fully saturated rings. The molecular weight excluding hydrogens is 270 g/mol. The van der Waals surface area contributed by atoms with Crippen LogP contribution in [0.1, 0.15) is 30.7 Å². The molecule has 1 aromatic heterocycles. The van der Waals surface area contributed by atoms with Gasteiger partial charge in [0.1, 0.15) is 0 Å². The molecule has 1 aliphatic rings. The normalized spacial score (nSPS) is 24.7. The Balaban J connectivity index is 2.10. The Kier molecular flexibility index (Phi) is 3.97. The lowest BCUT2D eigenvalue weighted by Gasteiger charge is -2.24. The van der Waals surface area contributed by atoms with Crippen LogP contribution in [0.3, 0.4) is 0 Å². The summed E-state index contributed by atoms with van der Waals surface area (Å²) in [4.78, 5) is 24.1. The van der Waals surface area contributed by atoms with E-state index >= 15 is 0 Å². The first-order valence-corrected chi connectivity index (χ1v) is 7.60. The molecule has 2 atom stereocenters. The molecule has 1 saturated heterocycles. The van der Waals surface area contributed by atoms with Gasteiger partial charge < -0.3 is 10.4 Å². The van der Waals surface area contributed by atoms with Crippen LogP contribution in [0.4, 0.5) is 0 Å². The van der Waals surface area contributed by atoms with Crippen LogP contribution in [0.25, 0.3) is 0 Å². The van der Waals surface area contributed by atoms with Crippen molar-refractivity contribution in [3.8, 4) is 0 Å². The number of carboxylic acids is 1. The Morgan fingerprint density at radius 2 is 2.33 bits per heavy atom. The van der Waals surface area contributed by atoms with Gasteiger partial charge in [0.25, 0.3) is 0 Å². The molecule has 1 aliphatic heterocycles. The second-order valence-corrected chi connectivity index (χ2v) is 7.02. The zero-order chi connectivity index (χ0) is 13.2. The molecule has 0 bridgehead atoms. The van der Waals surface area contributed by atoms with Gasteiger partial charge in [0.2, 0.25) is 5.91 Å². The minimum absolute atomic E-state index is 0.175. The lowest BCUT2D eigenvalue weighted by molar-refractivity contribution is -0.142. The number of thioether (sulfide) groups is 1. The monoisotopic (exact) mass is 285 g/mol. The fourth-order valence-corrected chi connectivity index (χ4v) is 3.94. The number of hydrogen-bond donors (Lipinski definition) is 2. The lowest BCUT2D eigenvalue weighted by Crippen LogP contribution is -2.44. The van der Waals surface area contributed by atoms with E-state index in [1.807, 2.05) is 12.3 Å². The third kappa shape index (κ3) is 2.70. The summed E-state index contributed by atoms with van der Waals surface area (Å²) in [6.45, 7) is 1.88. The Morgan fingerprint density at radius 3 is 2.83 bits per heavy atom. The highest BCUT2D eigenvalue weighted by molar-refractivity contribution is 8.01. The first kappa shape index (κ1) is 13.4. The molecule has 1 aromatic rings. The lowest BCUT2D eigenvalue weighted by atomic mass is 10.0. The van der Waals surface area contributed by atoms with E-state index in [0.29, 0.717) is 4.88 Å². The topological polar surface area (TPSA) is 66.4 Å². The maximum absolute atomic E-state index is 12.2.